The van der Waals surface area contributed by atoms with Crippen molar-refractivity contribution in [2.24, 2.45) is 0 Å². The molecule has 0 radical (unpaired) electrons. The third kappa shape index (κ3) is 5.24. The van der Waals surface area contributed by atoms with Crippen molar-refractivity contribution in [3.63, 3.8) is 0 Å². The zero-order valence-electron chi connectivity index (χ0n) is 19.5. The van der Waals surface area contributed by atoms with Gasteiger partial charge in [0.25, 0.3) is 15.9 Å². The summed E-state index contributed by atoms with van der Waals surface area (Å²) in [7, 11) is -4.28. The number of amides is 1. The molecule has 0 saturated carbocycles. The highest BCUT2D eigenvalue weighted by molar-refractivity contribution is 7.90. The number of hydrogen-bond acceptors (Lipinski definition) is 6. The SMILES string of the molecule is Cc1cc(OCCCc2c(C(=O)NS(=O)(=O)c3ccc(CO)o3)[nH]c3ccccc23)c(Cl)c(C)c1Cl. The van der Waals surface area contributed by atoms with Crippen LogP contribution in [0.1, 0.15) is 39.4 Å². The zero-order valence-corrected chi connectivity index (χ0v) is 21.9. The van der Waals surface area contributed by atoms with Gasteiger partial charge in [0, 0.05) is 15.9 Å². The van der Waals surface area contributed by atoms with Gasteiger partial charge in [0.1, 0.15) is 23.8 Å². The van der Waals surface area contributed by atoms with Crippen molar-refractivity contribution in [1.29, 1.82) is 0 Å². The molecule has 0 aliphatic rings. The third-order valence-electron chi connectivity index (χ3n) is 5.72. The molecule has 0 unspecified atom stereocenters. The highest BCUT2D eigenvalue weighted by atomic mass is 35.5. The van der Waals surface area contributed by atoms with Gasteiger partial charge in [0.2, 0.25) is 5.09 Å². The fourth-order valence-electron chi connectivity index (χ4n) is 3.90. The molecule has 0 fully saturated rings. The summed E-state index contributed by atoms with van der Waals surface area (Å²) in [5.74, 6) is -0.226. The number of fused-ring (bicyclic) bond motifs is 1. The number of furan rings is 1. The fourth-order valence-corrected chi connectivity index (χ4v) is 5.21. The van der Waals surface area contributed by atoms with E-state index in [1.807, 2.05) is 36.8 Å². The predicted octanol–water partition coefficient (Wildman–Crippen LogP) is 5.31. The average Bonchev–Trinajstić information content (AvgIpc) is 3.49. The molecule has 190 valence electrons. The van der Waals surface area contributed by atoms with Gasteiger partial charge in [-0.05, 0) is 67.6 Å². The molecule has 36 heavy (non-hydrogen) atoms. The number of rotatable bonds is 9. The van der Waals surface area contributed by atoms with E-state index in [1.165, 1.54) is 12.1 Å². The molecule has 3 N–H and O–H groups in total. The monoisotopic (exact) mass is 550 g/mol. The molecular formula is C25H24Cl2N2O6S. The van der Waals surface area contributed by atoms with Crippen molar-refractivity contribution in [2.75, 3.05) is 6.61 Å². The first-order valence-corrected chi connectivity index (χ1v) is 13.3. The topological polar surface area (TPSA) is 122 Å². The van der Waals surface area contributed by atoms with Crippen LogP contribution in [0, 0.1) is 13.8 Å². The number of ether oxygens (including phenoxy) is 1. The summed E-state index contributed by atoms with van der Waals surface area (Å²) in [6.45, 7) is 3.55. The Morgan fingerprint density at radius 1 is 1.14 bits per heavy atom. The van der Waals surface area contributed by atoms with Crippen molar-refractivity contribution in [1.82, 2.24) is 9.71 Å². The summed E-state index contributed by atoms with van der Waals surface area (Å²) >= 11 is 12.6. The molecule has 0 spiro atoms. The smallest absolute Gasteiger partial charge is 0.297 e. The largest absolute Gasteiger partial charge is 0.492 e. The second-order valence-electron chi connectivity index (χ2n) is 8.23. The maximum absolute atomic E-state index is 13.0. The van der Waals surface area contributed by atoms with Crippen LogP contribution in [0.4, 0.5) is 0 Å². The molecule has 1 amide bonds. The van der Waals surface area contributed by atoms with E-state index in [0.717, 1.165) is 16.5 Å². The second kappa shape index (κ2) is 10.6. The van der Waals surface area contributed by atoms with Crippen LogP contribution in [-0.4, -0.2) is 31.0 Å². The van der Waals surface area contributed by atoms with Crippen LogP contribution in [0.25, 0.3) is 10.9 Å². The molecule has 0 atom stereocenters. The lowest BCUT2D eigenvalue weighted by Gasteiger charge is -2.13. The minimum atomic E-state index is -4.28. The van der Waals surface area contributed by atoms with E-state index in [2.05, 4.69) is 4.98 Å². The van der Waals surface area contributed by atoms with Gasteiger partial charge in [-0.1, -0.05) is 41.4 Å². The van der Waals surface area contributed by atoms with Crippen LogP contribution in [0.3, 0.4) is 0 Å². The number of aryl methyl sites for hydroxylation is 2. The normalized spacial score (nSPS) is 11.7. The predicted molar refractivity (Wildman–Crippen MR) is 137 cm³/mol. The molecule has 4 rings (SSSR count). The van der Waals surface area contributed by atoms with Crippen LogP contribution in [0.2, 0.25) is 10.0 Å². The van der Waals surface area contributed by atoms with E-state index < -0.39 is 27.6 Å². The summed E-state index contributed by atoms with van der Waals surface area (Å²) in [5.41, 5.74) is 3.08. The van der Waals surface area contributed by atoms with Crippen molar-refractivity contribution >= 4 is 50.0 Å². The summed E-state index contributed by atoms with van der Waals surface area (Å²) in [5, 5.41) is 10.5. The minimum absolute atomic E-state index is 0.0697. The maximum Gasteiger partial charge on any atom is 0.297 e. The summed E-state index contributed by atoms with van der Waals surface area (Å²) in [4.78, 5) is 16.1. The van der Waals surface area contributed by atoms with Crippen molar-refractivity contribution in [3.05, 3.63) is 80.7 Å². The van der Waals surface area contributed by atoms with Crippen LogP contribution < -0.4 is 9.46 Å². The fraction of sp³-hybridized carbons (Fsp3) is 0.240. The molecule has 0 aliphatic carbocycles. The highest BCUT2D eigenvalue weighted by Crippen LogP contribution is 2.35. The van der Waals surface area contributed by atoms with E-state index in [1.54, 1.807) is 12.1 Å². The maximum atomic E-state index is 13.0. The number of benzene rings is 2. The second-order valence-corrected chi connectivity index (χ2v) is 10.6. The van der Waals surface area contributed by atoms with Gasteiger partial charge >= 0.3 is 0 Å². The molecule has 0 aliphatic heterocycles. The van der Waals surface area contributed by atoms with E-state index in [0.29, 0.717) is 46.3 Å². The Balaban J connectivity index is 1.52. The van der Waals surface area contributed by atoms with E-state index in [-0.39, 0.29) is 11.5 Å². The average molecular weight is 551 g/mol. The quantitative estimate of drug-likeness (QED) is 0.243. The number of nitrogens with one attached hydrogen (secondary N) is 2. The van der Waals surface area contributed by atoms with E-state index in [9.17, 15) is 13.2 Å². The number of H-pyrrole nitrogens is 1. The number of carbonyl (C=O) groups excluding carboxylic acids is 1. The summed E-state index contributed by atoms with van der Waals surface area (Å²) < 4.78 is 38.3. The standard InChI is InChI=1S/C25H24Cl2N2O6S/c1-14-12-20(23(27)15(2)22(14)26)34-11-5-7-18-17-6-3-4-8-19(17)28-24(18)25(31)29-36(32,33)21-10-9-16(13-30)35-21/h3-4,6,8-10,12,28,30H,5,7,11,13H2,1-2H3,(H,29,31). The lowest BCUT2D eigenvalue weighted by atomic mass is 10.1. The Morgan fingerprint density at radius 2 is 1.89 bits per heavy atom. The first kappa shape index (κ1) is 26.1. The number of halogens is 2. The minimum Gasteiger partial charge on any atom is -0.492 e. The van der Waals surface area contributed by atoms with Crippen LogP contribution >= 0.6 is 23.2 Å². The van der Waals surface area contributed by atoms with E-state index >= 15 is 0 Å². The molecule has 2 aromatic heterocycles. The van der Waals surface area contributed by atoms with Gasteiger partial charge in [-0.25, -0.2) is 4.72 Å². The summed E-state index contributed by atoms with van der Waals surface area (Å²) in [6, 6.07) is 11.6. The van der Waals surface area contributed by atoms with E-state index in [4.69, 9.17) is 37.5 Å². The Morgan fingerprint density at radius 3 is 2.61 bits per heavy atom. The number of aliphatic hydroxyl groups is 1. The van der Waals surface area contributed by atoms with Crippen molar-refractivity contribution in [3.8, 4) is 5.75 Å². The number of aliphatic hydroxyl groups excluding tert-OH is 1. The molecule has 0 saturated heterocycles. The number of para-hydroxylation sites is 1. The number of aromatic nitrogens is 1. The third-order valence-corrected chi connectivity index (χ3v) is 7.98. The van der Waals surface area contributed by atoms with Gasteiger partial charge in [0.15, 0.2) is 0 Å². The van der Waals surface area contributed by atoms with Crippen LogP contribution in [0.5, 0.6) is 5.75 Å². The number of sulfonamides is 1. The Labute approximate surface area is 218 Å². The molecule has 8 nitrogen and oxygen atoms in total. The Kier molecular flexibility index (Phi) is 7.65. The van der Waals surface area contributed by atoms with Crippen molar-refractivity contribution < 1.29 is 27.5 Å². The number of aromatic amines is 1. The van der Waals surface area contributed by atoms with Gasteiger partial charge < -0.3 is 19.2 Å². The Hall–Kier alpha value is -2.98. The van der Waals surface area contributed by atoms with Gasteiger partial charge in [0.05, 0.1) is 11.6 Å². The van der Waals surface area contributed by atoms with Crippen LogP contribution in [0.15, 0.2) is 52.0 Å². The molecule has 4 aromatic rings. The first-order chi connectivity index (χ1) is 17.1. The highest BCUT2D eigenvalue weighted by Gasteiger charge is 2.26. The number of carbonyl (C=O) groups is 1. The van der Waals surface area contributed by atoms with Gasteiger partial charge in [-0.3, -0.25) is 4.79 Å². The molecule has 2 heterocycles. The molecular weight excluding hydrogens is 527 g/mol. The summed E-state index contributed by atoms with van der Waals surface area (Å²) in [6.07, 6.45) is 0.968. The Bertz CT molecular complexity index is 1540. The van der Waals surface area contributed by atoms with Gasteiger partial charge in [-0.2, -0.15) is 8.42 Å². The van der Waals surface area contributed by atoms with Gasteiger partial charge in [-0.15, -0.1) is 0 Å². The zero-order chi connectivity index (χ0) is 26.0. The lowest BCUT2D eigenvalue weighted by molar-refractivity contribution is 0.0975. The first-order valence-electron chi connectivity index (χ1n) is 11.1. The molecule has 2 aromatic carbocycles. The molecule has 0 bridgehead atoms. The molecule has 11 heteroatoms. The number of hydrogen-bond donors (Lipinski definition) is 3. The van der Waals surface area contributed by atoms with Crippen LogP contribution in [-0.2, 0) is 23.1 Å². The lowest BCUT2D eigenvalue weighted by Crippen LogP contribution is -2.31. The van der Waals surface area contributed by atoms with Crippen molar-refractivity contribution in [2.45, 2.75) is 38.4 Å².